The van der Waals surface area contributed by atoms with Crippen molar-refractivity contribution >= 4 is 10.8 Å². The average molecular weight is 227 g/mol. The Labute approximate surface area is 100 Å². The molecule has 2 aromatic carbocycles. The van der Waals surface area contributed by atoms with Gasteiger partial charge in [-0.3, -0.25) is 0 Å². The molecule has 0 aliphatic carbocycles. The molecule has 0 saturated carbocycles. The highest BCUT2D eigenvalue weighted by Gasteiger charge is 2.06. The summed E-state index contributed by atoms with van der Waals surface area (Å²) in [5, 5.41) is 10.7. The minimum atomic E-state index is 0.408. The third-order valence-corrected chi connectivity index (χ3v) is 2.69. The van der Waals surface area contributed by atoms with Crippen molar-refractivity contribution in [3.05, 3.63) is 35.9 Å². The number of nitrogens with zero attached hydrogens (tertiary/aromatic N) is 1. The second-order valence-electron chi connectivity index (χ2n) is 3.72. The van der Waals surface area contributed by atoms with Crippen LogP contribution in [0.3, 0.4) is 0 Å². The maximum atomic E-state index is 8.70. The van der Waals surface area contributed by atoms with Gasteiger partial charge in [-0.05, 0) is 23.1 Å². The van der Waals surface area contributed by atoms with Gasteiger partial charge >= 0.3 is 0 Å². The van der Waals surface area contributed by atoms with Crippen molar-refractivity contribution in [1.29, 1.82) is 5.26 Å². The lowest BCUT2D eigenvalue weighted by Crippen LogP contribution is -1.90. The molecular weight excluding hydrogens is 214 g/mol. The molecule has 0 aliphatic heterocycles. The van der Waals surface area contributed by atoms with E-state index >= 15 is 0 Å². The van der Waals surface area contributed by atoms with Crippen molar-refractivity contribution in [2.24, 2.45) is 0 Å². The number of hydrogen-bond donors (Lipinski definition) is 0. The van der Waals surface area contributed by atoms with Gasteiger partial charge in [-0.1, -0.05) is 12.1 Å². The molecule has 86 valence electrons. The zero-order valence-corrected chi connectivity index (χ0v) is 9.86. The standard InChI is InChI=1S/C14H13NO2/c1-16-12-8-11-4-3-10(5-6-15)7-13(11)14(9-12)17-2/h3-4,7-9H,5H2,1-2H3. The summed E-state index contributed by atoms with van der Waals surface area (Å²) in [6.07, 6.45) is 0.408. The summed E-state index contributed by atoms with van der Waals surface area (Å²) in [6.45, 7) is 0. The number of methoxy groups -OCH3 is 2. The van der Waals surface area contributed by atoms with E-state index in [1.165, 1.54) is 0 Å². The van der Waals surface area contributed by atoms with Gasteiger partial charge in [0.1, 0.15) is 11.5 Å². The van der Waals surface area contributed by atoms with Gasteiger partial charge in [0.2, 0.25) is 0 Å². The highest BCUT2D eigenvalue weighted by atomic mass is 16.5. The van der Waals surface area contributed by atoms with Crippen LogP contribution in [0.25, 0.3) is 10.8 Å². The van der Waals surface area contributed by atoms with Crippen LogP contribution in [0, 0.1) is 11.3 Å². The summed E-state index contributed by atoms with van der Waals surface area (Å²) in [5.74, 6) is 1.53. The minimum Gasteiger partial charge on any atom is -0.497 e. The van der Waals surface area contributed by atoms with E-state index in [1.807, 2.05) is 30.3 Å². The molecular formula is C14H13NO2. The summed E-state index contributed by atoms with van der Waals surface area (Å²) in [5.41, 5.74) is 0.989. The molecule has 17 heavy (non-hydrogen) atoms. The Morgan fingerprint density at radius 2 is 1.94 bits per heavy atom. The molecule has 0 radical (unpaired) electrons. The molecule has 0 N–H and O–H groups in total. The van der Waals surface area contributed by atoms with Gasteiger partial charge in [-0.2, -0.15) is 5.26 Å². The lowest BCUT2D eigenvalue weighted by atomic mass is 10.0. The van der Waals surface area contributed by atoms with Crippen LogP contribution in [0.2, 0.25) is 0 Å². The molecule has 3 heteroatoms. The summed E-state index contributed by atoms with van der Waals surface area (Å²) in [7, 11) is 3.26. The number of ether oxygens (including phenoxy) is 2. The first-order chi connectivity index (χ1) is 8.28. The molecule has 0 bridgehead atoms. The Bertz CT molecular complexity index is 585. The van der Waals surface area contributed by atoms with E-state index in [0.717, 1.165) is 27.8 Å². The summed E-state index contributed by atoms with van der Waals surface area (Å²) in [4.78, 5) is 0. The lowest BCUT2D eigenvalue weighted by Gasteiger charge is -2.09. The van der Waals surface area contributed by atoms with E-state index in [-0.39, 0.29) is 0 Å². The van der Waals surface area contributed by atoms with Gasteiger partial charge in [0.05, 0.1) is 26.7 Å². The van der Waals surface area contributed by atoms with Crippen LogP contribution in [0.4, 0.5) is 0 Å². The second-order valence-corrected chi connectivity index (χ2v) is 3.72. The highest BCUT2D eigenvalue weighted by molar-refractivity contribution is 5.90. The van der Waals surface area contributed by atoms with Crippen molar-refractivity contribution < 1.29 is 9.47 Å². The first-order valence-corrected chi connectivity index (χ1v) is 5.30. The maximum Gasteiger partial charge on any atom is 0.130 e. The van der Waals surface area contributed by atoms with Gasteiger partial charge in [0, 0.05) is 11.5 Å². The smallest absolute Gasteiger partial charge is 0.130 e. The fraction of sp³-hybridized carbons (Fsp3) is 0.214. The Hall–Kier alpha value is -2.21. The molecule has 2 rings (SSSR count). The quantitative estimate of drug-likeness (QED) is 0.809. The average Bonchev–Trinajstić information content (AvgIpc) is 2.37. The van der Waals surface area contributed by atoms with Crippen molar-refractivity contribution in [2.45, 2.75) is 6.42 Å². The van der Waals surface area contributed by atoms with Crippen LogP contribution < -0.4 is 9.47 Å². The number of rotatable bonds is 3. The molecule has 0 spiro atoms. The molecule has 0 aliphatic rings. The third-order valence-electron chi connectivity index (χ3n) is 2.69. The highest BCUT2D eigenvalue weighted by Crippen LogP contribution is 2.31. The van der Waals surface area contributed by atoms with Crippen LogP contribution >= 0.6 is 0 Å². The van der Waals surface area contributed by atoms with Crippen LogP contribution in [0.1, 0.15) is 5.56 Å². The number of fused-ring (bicyclic) bond motifs is 1. The Balaban J connectivity index is 2.64. The third kappa shape index (κ3) is 2.16. The zero-order chi connectivity index (χ0) is 12.3. The molecule has 0 fully saturated rings. The predicted molar refractivity (Wildman–Crippen MR) is 66.4 cm³/mol. The van der Waals surface area contributed by atoms with Crippen molar-refractivity contribution in [3.8, 4) is 17.6 Å². The van der Waals surface area contributed by atoms with E-state index in [2.05, 4.69) is 6.07 Å². The van der Waals surface area contributed by atoms with Gasteiger partial charge in [-0.15, -0.1) is 0 Å². The zero-order valence-electron chi connectivity index (χ0n) is 9.86. The summed E-state index contributed by atoms with van der Waals surface area (Å²) in [6, 6.07) is 11.9. The van der Waals surface area contributed by atoms with Crippen LogP contribution in [0.15, 0.2) is 30.3 Å². The number of benzene rings is 2. The molecule has 0 aromatic heterocycles. The van der Waals surface area contributed by atoms with E-state index < -0.39 is 0 Å². The molecule has 0 amide bonds. The van der Waals surface area contributed by atoms with Gasteiger partial charge in [0.15, 0.2) is 0 Å². The van der Waals surface area contributed by atoms with E-state index in [0.29, 0.717) is 6.42 Å². The second kappa shape index (κ2) is 4.75. The summed E-state index contributed by atoms with van der Waals surface area (Å²) < 4.78 is 10.6. The predicted octanol–water partition coefficient (Wildman–Crippen LogP) is 2.92. The van der Waals surface area contributed by atoms with E-state index in [4.69, 9.17) is 14.7 Å². The molecule has 0 saturated heterocycles. The van der Waals surface area contributed by atoms with Crippen LogP contribution in [-0.2, 0) is 6.42 Å². The van der Waals surface area contributed by atoms with Crippen LogP contribution in [-0.4, -0.2) is 14.2 Å². The van der Waals surface area contributed by atoms with Crippen molar-refractivity contribution in [3.63, 3.8) is 0 Å². The lowest BCUT2D eigenvalue weighted by molar-refractivity contribution is 0.398. The molecule has 0 heterocycles. The molecule has 2 aromatic rings. The minimum absolute atomic E-state index is 0.408. The Morgan fingerprint density at radius 3 is 2.59 bits per heavy atom. The van der Waals surface area contributed by atoms with Crippen LogP contribution in [0.5, 0.6) is 11.5 Å². The fourth-order valence-electron chi connectivity index (χ4n) is 1.83. The largest absolute Gasteiger partial charge is 0.497 e. The molecule has 0 unspecified atom stereocenters. The van der Waals surface area contributed by atoms with Gasteiger partial charge in [0.25, 0.3) is 0 Å². The molecule has 3 nitrogen and oxygen atoms in total. The number of hydrogen-bond acceptors (Lipinski definition) is 3. The Morgan fingerprint density at radius 1 is 1.12 bits per heavy atom. The SMILES string of the molecule is COc1cc(OC)c2cc(CC#N)ccc2c1. The van der Waals surface area contributed by atoms with E-state index in [1.54, 1.807) is 14.2 Å². The Kier molecular flexibility index (Phi) is 3.15. The maximum absolute atomic E-state index is 8.70. The van der Waals surface area contributed by atoms with Crippen molar-refractivity contribution in [2.75, 3.05) is 14.2 Å². The normalized spacial score (nSPS) is 9.94. The number of nitriles is 1. The first-order valence-electron chi connectivity index (χ1n) is 5.30. The van der Waals surface area contributed by atoms with E-state index in [9.17, 15) is 0 Å². The topological polar surface area (TPSA) is 42.2 Å². The summed E-state index contributed by atoms with van der Waals surface area (Å²) >= 11 is 0. The molecule has 0 atom stereocenters. The monoisotopic (exact) mass is 227 g/mol. The van der Waals surface area contributed by atoms with Gasteiger partial charge < -0.3 is 9.47 Å². The van der Waals surface area contributed by atoms with Crippen molar-refractivity contribution in [1.82, 2.24) is 0 Å². The first kappa shape index (κ1) is 11.3. The fourth-order valence-corrected chi connectivity index (χ4v) is 1.83. The van der Waals surface area contributed by atoms with Gasteiger partial charge in [-0.25, -0.2) is 0 Å².